The molecule has 0 unspecified atom stereocenters. The topological polar surface area (TPSA) is 67.8 Å². The number of carbonyl (C=O) groups is 1. The second kappa shape index (κ2) is 4.61. The van der Waals surface area contributed by atoms with Crippen LogP contribution in [0, 0.1) is 0 Å². The van der Waals surface area contributed by atoms with Gasteiger partial charge in [-0.2, -0.15) is 0 Å². The molecule has 1 amide bonds. The molecule has 2 rings (SSSR count). The number of hydrogen-bond donors (Lipinski definition) is 1. The van der Waals surface area contributed by atoms with Crippen LogP contribution in [-0.2, 0) is 6.54 Å². The van der Waals surface area contributed by atoms with Gasteiger partial charge in [0.15, 0.2) is 0 Å². The molecule has 0 aromatic carbocycles. The highest BCUT2D eigenvalue weighted by atomic mass is 32.1. The van der Waals surface area contributed by atoms with Gasteiger partial charge in [-0.05, 0) is 0 Å². The molecule has 0 aliphatic carbocycles. The van der Waals surface area contributed by atoms with Crippen molar-refractivity contribution in [2.75, 3.05) is 0 Å². The maximum atomic E-state index is 11.5. The fraction of sp³-hybridized carbons (Fsp3) is 0.111. The van der Waals surface area contributed by atoms with Crippen LogP contribution < -0.4 is 5.32 Å². The average molecular weight is 220 g/mol. The Morgan fingerprint density at radius 1 is 1.40 bits per heavy atom. The number of nitrogens with zero attached hydrogens (tertiary/aromatic N) is 3. The molecule has 0 saturated heterocycles. The summed E-state index contributed by atoms with van der Waals surface area (Å²) < 4.78 is 0. The quantitative estimate of drug-likeness (QED) is 0.833. The van der Waals surface area contributed by atoms with Crippen molar-refractivity contribution in [3.8, 4) is 0 Å². The predicted octanol–water partition coefficient (Wildman–Crippen LogP) is 0.863. The maximum Gasteiger partial charge on any atom is 0.254 e. The van der Waals surface area contributed by atoms with Crippen molar-refractivity contribution in [3.63, 3.8) is 0 Å². The summed E-state index contributed by atoms with van der Waals surface area (Å²) in [7, 11) is 0. The van der Waals surface area contributed by atoms with Crippen molar-refractivity contribution in [2.24, 2.45) is 0 Å². The molecule has 0 atom stereocenters. The minimum atomic E-state index is -0.189. The van der Waals surface area contributed by atoms with E-state index in [1.165, 1.54) is 30.1 Å². The molecule has 15 heavy (non-hydrogen) atoms. The molecule has 0 radical (unpaired) electrons. The molecule has 6 heteroatoms. The fourth-order valence-electron chi connectivity index (χ4n) is 1.01. The summed E-state index contributed by atoms with van der Waals surface area (Å²) in [4.78, 5) is 23.1. The number of nitrogens with one attached hydrogen (secondary N) is 1. The molecule has 2 aromatic heterocycles. The van der Waals surface area contributed by atoms with E-state index in [4.69, 9.17) is 0 Å². The third kappa shape index (κ3) is 2.57. The first-order valence-electron chi connectivity index (χ1n) is 4.28. The Kier molecular flexibility index (Phi) is 2.99. The Hall–Kier alpha value is -1.82. The third-order valence-electron chi connectivity index (χ3n) is 1.71. The Morgan fingerprint density at radius 3 is 2.87 bits per heavy atom. The van der Waals surface area contributed by atoms with E-state index in [1.54, 1.807) is 6.20 Å². The second-order valence-corrected chi connectivity index (χ2v) is 3.71. The van der Waals surface area contributed by atoms with E-state index in [0.29, 0.717) is 12.1 Å². The van der Waals surface area contributed by atoms with E-state index in [9.17, 15) is 4.79 Å². The Bertz CT molecular complexity index is 429. The van der Waals surface area contributed by atoms with Gasteiger partial charge in [0, 0.05) is 24.0 Å². The van der Waals surface area contributed by atoms with Crippen molar-refractivity contribution >= 4 is 17.2 Å². The number of hydrogen-bond acceptors (Lipinski definition) is 5. The number of thiazole rings is 1. The molecular weight excluding hydrogens is 212 g/mol. The lowest BCUT2D eigenvalue weighted by Crippen LogP contribution is -2.22. The monoisotopic (exact) mass is 220 g/mol. The van der Waals surface area contributed by atoms with Crippen molar-refractivity contribution in [3.05, 3.63) is 40.9 Å². The summed E-state index contributed by atoms with van der Waals surface area (Å²) in [5.41, 5.74) is 0.453. The zero-order chi connectivity index (χ0) is 10.5. The molecule has 0 aliphatic heterocycles. The normalized spacial score (nSPS) is 9.87. The number of aromatic nitrogens is 3. The summed E-state index contributed by atoms with van der Waals surface area (Å²) in [5, 5.41) is 5.47. The zero-order valence-electron chi connectivity index (χ0n) is 7.75. The number of amides is 1. The average Bonchev–Trinajstić information content (AvgIpc) is 2.80. The smallest absolute Gasteiger partial charge is 0.254 e. The van der Waals surface area contributed by atoms with E-state index in [2.05, 4.69) is 20.3 Å². The first-order chi connectivity index (χ1) is 7.36. The van der Waals surface area contributed by atoms with Crippen LogP contribution in [0.2, 0.25) is 0 Å². The van der Waals surface area contributed by atoms with Crippen LogP contribution in [0.3, 0.4) is 0 Å². The predicted molar refractivity (Wildman–Crippen MR) is 55.3 cm³/mol. The largest absolute Gasteiger partial charge is 0.345 e. The maximum absolute atomic E-state index is 11.5. The lowest BCUT2D eigenvalue weighted by atomic mass is 10.3. The lowest BCUT2D eigenvalue weighted by Gasteiger charge is -2.01. The SMILES string of the molecule is O=C(NCc1nccs1)c1cncnc1. The lowest BCUT2D eigenvalue weighted by molar-refractivity contribution is 0.0950. The number of carbonyl (C=O) groups excluding carboxylic acids is 1. The van der Waals surface area contributed by atoms with Crippen molar-refractivity contribution in [2.45, 2.75) is 6.54 Å². The van der Waals surface area contributed by atoms with Crippen LogP contribution in [0.4, 0.5) is 0 Å². The second-order valence-electron chi connectivity index (χ2n) is 2.74. The van der Waals surface area contributed by atoms with Gasteiger partial charge < -0.3 is 5.32 Å². The van der Waals surface area contributed by atoms with E-state index in [-0.39, 0.29) is 5.91 Å². The molecule has 0 aliphatic rings. The van der Waals surface area contributed by atoms with Crippen molar-refractivity contribution in [1.82, 2.24) is 20.3 Å². The minimum absolute atomic E-state index is 0.189. The summed E-state index contributed by atoms with van der Waals surface area (Å²) in [6, 6.07) is 0. The molecule has 1 N–H and O–H groups in total. The van der Waals surface area contributed by atoms with Gasteiger partial charge in [-0.3, -0.25) is 4.79 Å². The number of rotatable bonds is 3. The van der Waals surface area contributed by atoms with Crippen LogP contribution in [0.5, 0.6) is 0 Å². The van der Waals surface area contributed by atoms with Gasteiger partial charge in [0.25, 0.3) is 5.91 Å². The van der Waals surface area contributed by atoms with Crippen LogP contribution in [0.25, 0.3) is 0 Å². The standard InChI is InChI=1S/C9H8N4OS/c14-9(7-3-10-6-11-4-7)13-5-8-12-1-2-15-8/h1-4,6H,5H2,(H,13,14). The first kappa shape index (κ1) is 9.72. The summed E-state index contributed by atoms with van der Waals surface area (Å²) in [6.45, 7) is 0.436. The molecule has 0 spiro atoms. The summed E-state index contributed by atoms with van der Waals surface area (Å²) >= 11 is 1.50. The molecule has 0 fully saturated rings. The van der Waals surface area contributed by atoms with E-state index in [1.807, 2.05) is 5.38 Å². The highest BCUT2D eigenvalue weighted by Crippen LogP contribution is 2.03. The van der Waals surface area contributed by atoms with Crippen LogP contribution in [0.1, 0.15) is 15.4 Å². The Balaban J connectivity index is 1.94. The van der Waals surface area contributed by atoms with Gasteiger partial charge in [-0.25, -0.2) is 15.0 Å². The minimum Gasteiger partial charge on any atom is -0.345 e. The van der Waals surface area contributed by atoms with Gasteiger partial charge in [-0.15, -0.1) is 11.3 Å². The van der Waals surface area contributed by atoms with Crippen LogP contribution in [-0.4, -0.2) is 20.9 Å². The first-order valence-corrected chi connectivity index (χ1v) is 5.16. The molecule has 0 saturated carbocycles. The molecule has 2 heterocycles. The Labute approximate surface area is 90.2 Å². The van der Waals surface area contributed by atoms with Gasteiger partial charge in [0.05, 0.1) is 12.1 Å². The van der Waals surface area contributed by atoms with Gasteiger partial charge in [0.1, 0.15) is 11.3 Å². The molecule has 76 valence electrons. The zero-order valence-corrected chi connectivity index (χ0v) is 8.57. The van der Waals surface area contributed by atoms with E-state index < -0.39 is 0 Å². The summed E-state index contributed by atoms with van der Waals surface area (Å²) in [6.07, 6.45) is 6.05. The van der Waals surface area contributed by atoms with Gasteiger partial charge in [-0.1, -0.05) is 0 Å². The molecule has 5 nitrogen and oxygen atoms in total. The van der Waals surface area contributed by atoms with Crippen molar-refractivity contribution < 1.29 is 4.79 Å². The van der Waals surface area contributed by atoms with Crippen LogP contribution in [0.15, 0.2) is 30.3 Å². The van der Waals surface area contributed by atoms with Gasteiger partial charge in [0.2, 0.25) is 0 Å². The van der Waals surface area contributed by atoms with E-state index in [0.717, 1.165) is 5.01 Å². The summed E-state index contributed by atoms with van der Waals surface area (Å²) in [5.74, 6) is -0.189. The molecular formula is C9H8N4OS. The highest BCUT2D eigenvalue weighted by molar-refractivity contribution is 7.09. The molecule has 0 bridgehead atoms. The highest BCUT2D eigenvalue weighted by Gasteiger charge is 2.05. The fourth-order valence-corrected chi connectivity index (χ4v) is 1.57. The third-order valence-corrected chi connectivity index (χ3v) is 2.49. The van der Waals surface area contributed by atoms with Crippen molar-refractivity contribution in [1.29, 1.82) is 0 Å². The molecule has 2 aromatic rings. The van der Waals surface area contributed by atoms with Gasteiger partial charge >= 0.3 is 0 Å². The van der Waals surface area contributed by atoms with Crippen LogP contribution >= 0.6 is 11.3 Å². The Morgan fingerprint density at radius 2 is 2.20 bits per heavy atom. The van der Waals surface area contributed by atoms with E-state index >= 15 is 0 Å².